The Kier molecular flexibility index (Phi) is 5.26. The predicted octanol–water partition coefficient (Wildman–Crippen LogP) is 0.889. The van der Waals surface area contributed by atoms with Crippen LogP contribution in [0.25, 0.3) is 0 Å². The normalized spacial score (nSPS) is 15.4. The summed E-state index contributed by atoms with van der Waals surface area (Å²) in [5.41, 5.74) is 6.79. The lowest BCUT2D eigenvalue weighted by Gasteiger charge is -2.12. The largest absolute Gasteiger partial charge is 0.327 e. The maximum absolute atomic E-state index is 5.39. The van der Waals surface area contributed by atoms with Gasteiger partial charge in [-0.1, -0.05) is 18.6 Å². The van der Waals surface area contributed by atoms with Crippen molar-refractivity contribution in [3.05, 3.63) is 11.6 Å². The van der Waals surface area contributed by atoms with Gasteiger partial charge >= 0.3 is 0 Å². The van der Waals surface area contributed by atoms with Crippen LogP contribution in [0.4, 0.5) is 0 Å². The van der Waals surface area contributed by atoms with E-state index < -0.39 is 0 Å². The Morgan fingerprint density at radius 2 is 2.30 bits per heavy atom. The van der Waals surface area contributed by atoms with Gasteiger partial charge in [-0.15, -0.1) is 0 Å². The van der Waals surface area contributed by atoms with Crippen LogP contribution in [0.1, 0.15) is 20.3 Å². The number of rotatable bonds is 4. The van der Waals surface area contributed by atoms with Gasteiger partial charge in [-0.05, 0) is 20.4 Å². The number of likely N-dealkylation sites (N-methyl/N-ethyl adjacent to an activating group) is 1. The third-order valence-electron chi connectivity index (χ3n) is 1.78. The van der Waals surface area contributed by atoms with Gasteiger partial charge in [-0.25, -0.2) is 0 Å². The molecule has 2 heteroatoms. The molecule has 0 spiro atoms. The Hall–Kier alpha value is -0.340. The van der Waals surface area contributed by atoms with Crippen LogP contribution in [0.15, 0.2) is 11.6 Å². The van der Waals surface area contributed by atoms with Crippen molar-refractivity contribution in [2.75, 3.05) is 13.6 Å². The van der Waals surface area contributed by atoms with Gasteiger partial charge in [0, 0.05) is 12.6 Å². The minimum Gasteiger partial charge on any atom is -0.327 e. The fourth-order valence-corrected chi connectivity index (χ4v) is 0.964. The summed E-state index contributed by atoms with van der Waals surface area (Å²) in [5, 5.41) is 3.18. The monoisotopic (exact) mass is 142 g/mol. The van der Waals surface area contributed by atoms with Gasteiger partial charge < -0.3 is 11.1 Å². The first-order valence-electron chi connectivity index (χ1n) is 3.82. The van der Waals surface area contributed by atoms with E-state index in [0.717, 1.165) is 6.42 Å². The molecule has 0 radical (unpaired) electrons. The van der Waals surface area contributed by atoms with Crippen molar-refractivity contribution in [1.82, 2.24) is 5.32 Å². The molecule has 0 amide bonds. The minimum absolute atomic E-state index is 0.466. The van der Waals surface area contributed by atoms with Gasteiger partial charge in [0.2, 0.25) is 0 Å². The molecule has 60 valence electrons. The second kappa shape index (κ2) is 5.45. The van der Waals surface area contributed by atoms with E-state index in [9.17, 15) is 0 Å². The van der Waals surface area contributed by atoms with E-state index >= 15 is 0 Å². The van der Waals surface area contributed by atoms with Gasteiger partial charge in [-0.2, -0.15) is 0 Å². The van der Waals surface area contributed by atoms with Crippen LogP contribution < -0.4 is 11.1 Å². The fourth-order valence-electron chi connectivity index (χ4n) is 0.964. The summed E-state index contributed by atoms with van der Waals surface area (Å²) in [7, 11) is 1.96. The van der Waals surface area contributed by atoms with E-state index in [1.54, 1.807) is 0 Å². The van der Waals surface area contributed by atoms with Crippen LogP contribution in [-0.2, 0) is 0 Å². The van der Waals surface area contributed by atoms with Crippen molar-refractivity contribution >= 4 is 0 Å². The van der Waals surface area contributed by atoms with Crippen LogP contribution in [-0.4, -0.2) is 19.6 Å². The highest BCUT2D eigenvalue weighted by Crippen LogP contribution is 2.04. The fraction of sp³-hybridized carbons (Fsp3) is 0.750. The lowest BCUT2D eigenvalue weighted by atomic mass is 10.1. The number of nitrogens with two attached hydrogens (primary N) is 1. The molecule has 0 aliphatic rings. The van der Waals surface area contributed by atoms with Crippen molar-refractivity contribution in [2.45, 2.75) is 26.3 Å². The van der Waals surface area contributed by atoms with E-state index in [1.807, 2.05) is 7.05 Å². The van der Waals surface area contributed by atoms with Gasteiger partial charge in [0.05, 0.1) is 0 Å². The average Bonchev–Trinajstić information content (AvgIpc) is 1.99. The number of nitrogens with one attached hydrogen (secondary N) is 1. The molecule has 0 rings (SSSR count). The van der Waals surface area contributed by atoms with E-state index in [4.69, 9.17) is 5.73 Å². The SMILES string of the molecule is CC/C(=C\CN)C(C)NC. The summed E-state index contributed by atoms with van der Waals surface area (Å²) in [5.74, 6) is 0. The second-order valence-corrected chi connectivity index (χ2v) is 2.38. The lowest BCUT2D eigenvalue weighted by Crippen LogP contribution is -2.23. The Labute approximate surface area is 63.5 Å². The minimum atomic E-state index is 0.466. The predicted molar refractivity (Wildman–Crippen MR) is 46.0 cm³/mol. The zero-order chi connectivity index (χ0) is 7.98. The molecule has 10 heavy (non-hydrogen) atoms. The molecule has 0 aliphatic heterocycles. The zero-order valence-corrected chi connectivity index (χ0v) is 7.15. The molecule has 0 aromatic heterocycles. The summed E-state index contributed by atoms with van der Waals surface area (Å²) in [6, 6.07) is 0.466. The molecule has 0 heterocycles. The van der Waals surface area contributed by atoms with E-state index in [2.05, 4.69) is 25.2 Å². The van der Waals surface area contributed by atoms with Crippen LogP contribution in [0, 0.1) is 0 Å². The molecule has 1 unspecified atom stereocenters. The smallest absolute Gasteiger partial charge is 0.0248 e. The van der Waals surface area contributed by atoms with Crippen molar-refractivity contribution in [2.24, 2.45) is 5.73 Å². The molecule has 1 atom stereocenters. The highest BCUT2D eigenvalue weighted by molar-refractivity contribution is 5.09. The van der Waals surface area contributed by atoms with Gasteiger partial charge in [0.15, 0.2) is 0 Å². The third-order valence-corrected chi connectivity index (χ3v) is 1.78. The molecule has 3 N–H and O–H groups in total. The summed E-state index contributed by atoms with van der Waals surface area (Å²) in [6.45, 7) is 4.94. The molecule has 0 saturated heterocycles. The summed E-state index contributed by atoms with van der Waals surface area (Å²) in [6.07, 6.45) is 3.17. The van der Waals surface area contributed by atoms with Crippen molar-refractivity contribution in [3.63, 3.8) is 0 Å². The van der Waals surface area contributed by atoms with Crippen LogP contribution in [0.3, 0.4) is 0 Å². The van der Waals surface area contributed by atoms with E-state index in [-0.39, 0.29) is 0 Å². The molecule has 0 aliphatic carbocycles. The average molecular weight is 142 g/mol. The van der Waals surface area contributed by atoms with E-state index in [1.165, 1.54) is 5.57 Å². The standard InChI is InChI=1S/C8H18N2/c1-4-8(5-6-9)7(2)10-3/h5,7,10H,4,6,9H2,1-3H3/b8-5+. The maximum atomic E-state index is 5.39. The van der Waals surface area contributed by atoms with Gasteiger partial charge in [0.1, 0.15) is 0 Å². The second-order valence-electron chi connectivity index (χ2n) is 2.38. The lowest BCUT2D eigenvalue weighted by molar-refractivity contribution is 0.669. The molecular formula is C8H18N2. The van der Waals surface area contributed by atoms with Gasteiger partial charge in [0.25, 0.3) is 0 Å². The van der Waals surface area contributed by atoms with Gasteiger partial charge in [-0.3, -0.25) is 0 Å². The Morgan fingerprint density at radius 3 is 2.60 bits per heavy atom. The molecule has 2 nitrogen and oxygen atoms in total. The van der Waals surface area contributed by atoms with Crippen LogP contribution in [0.5, 0.6) is 0 Å². The molecule has 0 fully saturated rings. The summed E-state index contributed by atoms with van der Waals surface area (Å²) in [4.78, 5) is 0. The van der Waals surface area contributed by atoms with Crippen molar-refractivity contribution in [3.8, 4) is 0 Å². The third kappa shape index (κ3) is 2.99. The van der Waals surface area contributed by atoms with E-state index in [0.29, 0.717) is 12.6 Å². The molecule has 0 aromatic carbocycles. The highest BCUT2D eigenvalue weighted by Gasteiger charge is 2.01. The van der Waals surface area contributed by atoms with Crippen LogP contribution >= 0.6 is 0 Å². The Bertz CT molecular complexity index is 108. The zero-order valence-electron chi connectivity index (χ0n) is 7.15. The van der Waals surface area contributed by atoms with Crippen molar-refractivity contribution in [1.29, 1.82) is 0 Å². The first-order valence-corrected chi connectivity index (χ1v) is 3.82. The topological polar surface area (TPSA) is 38.0 Å². The Balaban J connectivity index is 3.92. The summed E-state index contributed by atoms with van der Waals surface area (Å²) >= 11 is 0. The number of hydrogen-bond donors (Lipinski definition) is 2. The quantitative estimate of drug-likeness (QED) is 0.572. The number of hydrogen-bond acceptors (Lipinski definition) is 2. The molecule has 0 bridgehead atoms. The van der Waals surface area contributed by atoms with Crippen LogP contribution in [0.2, 0.25) is 0 Å². The highest BCUT2D eigenvalue weighted by atomic mass is 14.9. The first kappa shape index (κ1) is 9.66. The Morgan fingerprint density at radius 1 is 1.70 bits per heavy atom. The maximum Gasteiger partial charge on any atom is 0.0248 e. The first-order chi connectivity index (χ1) is 4.76. The van der Waals surface area contributed by atoms with Crippen molar-refractivity contribution < 1.29 is 0 Å². The molecule has 0 aromatic rings. The molecular weight excluding hydrogens is 124 g/mol. The molecule has 0 saturated carbocycles. The summed E-state index contributed by atoms with van der Waals surface area (Å²) < 4.78 is 0.